The van der Waals surface area contributed by atoms with E-state index in [4.69, 9.17) is 9.84 Å². The molecule has 0 atom stereocenters. The van der Waals surface area contributed by atoms with Crippen LogP contribution >= 0.6 is 0 Å². The molecule has 0 bridgehead atoms. The molecular weight excluding hydrogens is 294 g/mol. The Kier molecular flexibility index (Phi) is 4.93. The number of carboxylic acids is 1. The summed E-state index contributed by atoms with van der Waals surface area (Å²) in [7, 11) is 0. The van der Waals surface area contributed by atoms with Crippen molar-refractivity contribution in [3.63, 3.8) is 0 Å². The highest BCUT2D eigenvalue weighted by molar-refractivity contribution is 5.67. The standard InChI is InChI=1S/C16H14F2O4/c17-13-7-10(4-5-15(20)21)8-14(18)16(13)22-9-11-2-1-3-12(19)6-11/h1-3,6-8,19H,4-5,9H2,(H,20,21). The molecule has 116 valence electrons. The maximum absolute atomic E-state index is 13.9. The number of aryl methyl sites for hydroxylation is 1. The van der Waals surface area contributed by atoms with Gasteiger partial charge >= 0.3 is 5.97 Å². The number of halogens is 2. The highest BCUT2D eigenvalue weighted by Gasteiger charge is 2.13. The van der Waals surface area contributed by atoms with Crippen molar-refractivity contribution in [3.05, 3.63) is 59.2 Å². The molecule has 0 fully saturated rings. The van der Waals surface area contributed by atoms with Gasteiger partial charge in [-0.15, -0.1) is 0 Å². The van der Waals surface area contributed by atoms with Gasteiger partial charge in [0.15, 0.2) is 17.4 Å². The van der Waals surface area contributed by atoms with Gasteiger partial charge in [-0.25, -0.2) is 8.78 Å². The number of benzene rings is 2. The Labute approximate surface area is 125 Å². The molecule has 0 aromatic heterocycles. The molecule has 0 heterocycles. The van der Waals surface area contributed by atoms with E-state index in [1.807, 2.05) is 0 Å². The van der Waals surface area contributed by atoms with Crippen LogP contribution in [0.4, 0.5) is 8.78 Å². The van der Waals surface area contributed by atoms with Crippen molar-refractivity contribution in [2.24, 2.45) is 0 Å². The van der Waals surface area contributed by atoms with Gasteiger partial charge in [-0.1, -0.05) is 12.1 Å². The van der Waals surface area contributed by atoms with Crippen LogP contribution in [0.5, 0.6) is 11.5 Å². The van der Waals surface area contributed by atoms with Crippen molar-refractivity contribution in [2.75, 3.05) is 0 Å². The molecule has 0 saturated heterocycles. The smallest absolute Gasteiger partial charge is 0.303 e. The van der Waals surface area contributed by atoms with Gasteiger partial charge in [0.2, 0.25) is 0 Å². The second kappa shape index (κ2) is 6.89. The third kappa shape index (κ3) is 4.18. The van der Waals surface area contributed by atoms with Crippen LogP contribution in [-0.2, 0) is 17.8 Å². The van der Waals surface area contributed by atoms with E-state index in [0.29, 0.717) is 5.56 Å². The maximum Gasteiger partial charge on any atom is 0.303 e. The van der Waals surface area contributed by atoms with E-state index >= 15 is 0 Å². The lowest BCUT2D eigenvalue weighted by Crippen LogP contribution is -2.03. The Hall–Kier alpha value is -2.63. The second-order valence-electron chi connectivity index (χ2n) is 4.74. The Morgan fingerprint density at radius 2 is 1.77 bits per heavy atom. The third-order valence-corrected chi connectivity index (χ3v) is 2.98. The van der Waals surface area contributed by atoms with Gasteiger partial charge in [0.1, 0.15) is 12.4 Å². The van der Waals surface area contributed by atoms with Crippen molar-refractivity contribution in [2.45, 2.75) is 19.4 Å². The predicted octanol–water partition coefficient (Wildman–Crippen LogP) is 3.27. The highest BCUT2D eigenvalue weighted by Crippen LogP contribution is 2.25. The quantitative estimate of drug-likeness (QED) is 0.859. The van der Waals surface area contributed by atoms with E-state index in [0.717, 1.165) is 12.1 Å². The molecule has 22 heavy (non-hydrogen) atoms. The summed E-state index contributed by atoms with van der Waals surface area (Å²) in [4.78, 5) is 10.5. The van der Waals surface area contributed by atoms with Crippen molar-refractivity contribution in [3.8, 4) is 11.5 Å². The van der Waals surface area contributed by atoms with Crippen molar-refractivity contribution in [1.29, 1.82) is 0 Å². The monoisotopic (exact) mass is 308 g/mol. The average Bonchev–Trinajstić information content (AvgIpc) is 2.44. The van der Waals surface area contributed by atoms with Crippen molar-refractivity contribution < 1.29 is 28.5 Å². The fraction of sp³-hybridized carbons (Fsp3) is 0.188. The van der Waals surface area contributed by atoms with E-state index < -0.39 is 23.4 Å². The normalized spacial score (nSPS) is 10.5. The summed E-state index contributed by atoms with van der Waals surface area (Å²) in [5, 5.41) is 17.9. The Bertz CT molecular complexity index is 663. The molecule has 0 amide bonds. The van der Waals surface area contributed by atoms with Gasteiger partial charge in [0.25, 0.3) is 0 Å². The number of carboxylic acid groups (broad SMARTS) is 1. The number of carbonyl (C=O) groups is 1. The number of ether oxygens (including phenoxy) is 1. The van der Waals surface area contributed by atoms with E-state index in [1.165, 1.54) is 12.1 Å². The zero-order valence-electron chi connectivity index (χ0n) is 11.6. The lowest BCUT2D eigenvalue weighted by atomic mass is 10.1. The number of rotatable bonds is 6. The van der Waals surface area contributed by atoms with Crippen LogP contribution in [0, 0.1) is 11.6 Å². The van der Waals surface area contributed by atoms with Crippen molar-refractivity contribution >= 4 is 5.97 Å². The lowest BCUT2D eigenvalue weighted by Gasteiger charge is -2.10. The maximum atomic E-state index is 13.9. The molecule has 4 nitrogen and oxygen atoms in total. The van der Waals surface area contributed by atoms with E-state index in [9.17, 15) is 18.7 Å². The van der Waals surface area contributed by atoms with Crippen LogP contribution in [0.1, 0.15) is 17.5 Å². The van der Waals surface area contributed by atoms with Crippen LogP contribution in [0.15, 0.2) is 36.4 Å². The topological polar surface area (TPSA) is 66.8 Å². The largest absolute Gasteiger partial charge is 0.508 e. The minimum absolute atomic E-state index is 0.0334. The Balaban J connectivity index is 2.09. The molecule has 0 aliphatic heterocycles. The molecule has 0 radical (unpaired) electrons. The first-order chi connectivity index (χ1) is 10.5. The number of phenolic OH excluding ortho intramolecular Hbond substituents is 1. The van der Waals surface area contributed by atoms with Gasteiger partial charge < -0.3 is 14.9 Å². The van der Waals surface area contributed by atoms with Crippen LogP contribution < -0.4 is 4.74 Å². The van der Waals surface area contributed by atoms with Gasteiger partial charge in [0, 0.05) is 6.42 Å². The molecule has 2 aromatic rings. The number of aliphatic carboxylic acids is 1. The van der Waals surface area contributed by atoms with Crippen LogP contribution in [0.3, 0.4) is 0 Å². The second-order valence-corrected chi connectivity index (χ2v) is 4.74. The molecule has 2 N–H and O–H groups in total. The van der Waals surface area contributed by atoms with Gasteiger partial charge in [-0.2, -0.15) is 0 Å². The summed E-state index contributed by atoms with van der Waals surface area (Å²) < 4.78 is 32.8. The number of aromatic hydroxyl groups is 1. The first-order valence-corrected chi connectivity index (χ1v) is 6.56. The lowest BCUT2D eigenvalue weighted by molar-refractivity contribution is -0.136. The number of phenols is 1. The third-order valence-electron chi connectivity index (χ3n) is 2.98. The fourth-order valence-corrected chi connectivity index (χ4v) is 1.95. The van der Waals surface area contributed by atoms with E-state index in [2.05, 4.69) is 0 Å². The van der Waals surface area contributed by atoms with Crippen LogP contribution in [-0.4, -0.2) is 16.2 Å². The first kappa shape index (κ1) is 15.8. The van der Waals surface area contributed by atoms with Crippen LogP contribution in [0.25, 0.3) is 0 Å². The van der Waals surface area contributed by atoms with E-state index in [1.54, 1.807) is 12.1 Å². The summed E-state index contributed by atoms with van der Waals surface area (Å²) in [5.41, 5.74) is 0.816. The van der Waals surface area contributed by atoms with Gasteiger partial charge in [0.05, 0.1) is 0 Å². The predicted molar refractivity (Wildman–Crippen MR) is 74.8 cm³/mol. The fourth-order valence-electron chi connectivity index (χ4n) is 1.95. The summed E-state index contributed by atoms with van der Waals surface area (Å²) in [6.07, 6.45) is -0.168. The number of hydrogen-bond acceptors (Lipinski definition) is 3. The van der Waals surface area contributed by atoms with Crippen LogP contribution in [0.2, 0.25) is 0 Å². The molecule has 6 heteroatoms. The SMILES string of the molecule is O=C(O)CCc1cc(F)c(OCc2cccc(O)c2)c(F)c1. The van der Waals surface area contributed by atoms with E-state index in [-0.39, 0.29) is 30.8 Å². The summed E-state index contributed by atoms with van der Waals surface area (Å²) in [6.45, 7) is -0.100. The molecule has 0 aliphatic carbocycles. The minimum atomic E-state index is -1.04. The highest BCUT2D eigenvalue weighted by atomic mass is 19.1. The Morgan fingerprint density at radius 1 is 1.09 bits per heavy atom. The molecule has 0 saturated carbocycles. The Morgan fingerprint density at radius 3 is 2.36 bits per heavy atom. The number of hydrogen-bond donors (Lipinski definition) is 2. The molecular formula is C16H14F2O4. The minimum Gasteiger partial charge on any atom is -0.508 e. The molecule has 0 spiro atoms. The molecule has 0 unspecified atom stereocenters. The van der Waals surface area contributed by atoms with Crippen molar-refractivity contribution in [1.82, 2.24) is 0 Å². The summed E-state index contributed by atoms with van der Waals surface area (Å²) in [6, 6.07) is 8.26. The first-order valence-electron chi connectivity index (χ1n) is 6.56. The summed E-state index contributed by atoms with van der Waals surface area (Å²) >= 11 is 0. The summed E-state index contributed by atoms with van der Waals surface area (Å²) in [5.74, 6) is -3.31. The zero-order chi connectivity index (χ0) is 16.1. The zero-order valence-corrected chi connectivity index (χ0v) is 11.6. The molecule has 2 aromatic carbocycles. The molecule has 0 aliphatic rings. The van der Waals surface area contributed by atoms with Gasteiger partial charge in [-0.05, 0) is 41.8 Å². The van der Waals surface area contributed by atoms with Gasteiger partial charge in [-0.3, -0.25) is 4.79 Å². The molecule has 2 rings (SSSR count). The average molecular weight is 308 g/mol.